The Bertz CT molecular complexity index is 565. The maximum atomic E-state index is 12.3. The minimum Gasteiger partial charge on any atom is -0.444 e. The summed E-state index contributed by atoms with van der Waals surface area (Å²) in [5.41, 5.74) is 2.01. The first-order valence-electron chi connectivity index (χ1n) is 7.78. The maximum Gasteiger partial charge on any atom is 0.408 e. The molecule has 6 heteroatoms. The largest absolute Gasteiger partial charge is 0.444 e. The molecule has 0 aliphatic rings. The van der Waals surface area contributed by atoms with E-state index in [0.29, 0.717) is 5.69 Å². The van der Waals surface area contributed by atoms with Crippen molar-refractivity contribution >= 4 is 23.4 Å². The number of hydrogen-bond acceptors (Lipinski definition) is 4. The van der Waals surface area contributed by atoms with Crippen LogP contribution in [0, 0.1) is 6.92 Å². The van der Waals surface area contributed by atoms with Crippen molar-refractivity contribution in [3.63, 3.8) is 0 Å². The third-order valence-corrected chi connectivity index (χ3v) is 3.01. The molecule has 0 aromatic heterocycles. The fourth-order valence-electron chi connectivity index (χ4n) is 1.97. The van der Waals surface area contributed by atoms with Crippen LogP contribution in [0.3, 0.4) is 0 Å². The monoisotopic (exact) mass is 321 g/mol. The Kier molecular flexibility index (Phi) is 6.42. The van der Waals surface area contributed by atoms with Crippen molar-refractivity contribution in [3.05, 3.63) is 23.8 Å². The molecule has 0 radical (unpaired) electrons. The molecule has 0 aliphatic carbocycles. The van der Waals surface area contributed by atoms with Gasteiger partial charge < -0.3 is 20.7 Å². The number of aryl methyl sites for hydroxylation is 1. The number of ether oxygens (including phenoxy) is 1. The van der Waals surface area contributed by atoms with Crippen LogP contribution in [0.25, 0.3) is 0 Å². The lowest BCUT2D eigenvalue weighted by Crippen LogP contribution is -2.44. The van der Waals surface area contributed by atoms with Gasteiger partial charge in [0.25, 0.3) is 0 Å². The van der Waals surface area contributed by atoms with Crippen LogP contribution in [0.15, 0.2) is 18.2 Å². The van der Waals surface area contributed by atoms with Crippen molar-refractivity contribution < 1.29 is 14.3 Å². The Hall–Kier alpha value is -2.24. The molecule has 1 aromatic carbocycles. The van der Waals surface area contributed by atoms with Gasteiger partial charge in [-0.25, -0.2) is 4.79 Å². The molecule has 0 aliphatic heterocycles. The highest BCUT2D eigenvalue weighted by molar-refractivity contribution is 5.99. The molecular weight excluding hydrogens is 294 g/mol. The second-order valence-electron chi connectivity index (χ2n) is 6.38. The van der Waals surface area contributed by atoms with E-state index in [9.17, 15) is 9.59 Å². The van der Waals surface area contributed by atoms with Crippen LogP contribution >= 0.6 is 0 Å². The predicted molar refractivity (Wildman–Crippen MR) is 92.8 cm³/mol. The first-order valence-corrected chi connectivity index (χ1v) is 7.78. The van der Waals surface area contributed by atoms with Crippen LogP contribution < -0.4 is 16.0 Å². The number of alkyl carbamates (subject to hydrolysis) is 1. The summed E-state index contributed by atoms with van der Waals surface area (Å²) < 4.78 is 5.15. The van der Waals surface area contributed by atoms with Gasteiger partial charge in [0.2, 0.25) is 5.91 Å². The Morgan fingerprint density at radius 3 is 2.48 bits per heavy atom. The summed E-state index contributed by atoms with van der Waals surface area (Å²) >= 11 is 0. The SMILES string of the molecule is CCNc1c(C)cccc1NC(=O)C(C)NC(=O)OC(C)(C)C. The third-order valence-electron chi connectivity index (χ3n) is 3.01. The standard InChI is InChI=1S/C17H27N3O3/c1-7-18-14-11(2)9-8-10-13(14)20-15(21)12(3)19-16(22)23-17(4,5)6/h8-10,12,18H,7H2,1-6H3,(H,19,22)(H,20,21). The average molecular weight is 321 g/mol. The van der Waals surface area contributed by atoms with Crippen molar-refractivity contribution in [1.82, 2.24) is 5.32 Å². The van der Waals surface area contributed by atoms with Gasteiger partial charge in [0, 0.05) is 6.54 Å². The topological polar surface area (TPSA) is 79.5 Å². The molecule has 0 saturated heterocycles. The highest BCUT2D eigenvalue weighted by atomic mass is 16.6. The van der Waals surface area contributed by atoms with Gasteiger partial charge in [-0.05, 0) is 53.2 Å². The fourth-order valence-corrected chi connectivity index (χ4v) is 1.97. The average Bonchev–Trinajstić information content (AvgIpc) is 2.40. The number of carbonyl (C=O) groups is 2. The van der Waals surface area contributed by atoms with Crippen LogP contribution in [0.5, 0.6) is 0 Å². The van der Waals surface area contributed by atoms with Crippen molar-refractivity contribution in [2.45, 2.75) is 53.2 Å². The van der Waals surface area contributed by atoms with E-state index in [-0.39, 0.29) is 5.91 Å². The lowest BCUT2D eigenvalue weighted by molar-refractivity contribution is -0.117. The summed E-state index contributed by atoms with van der Waals surface area (Å²) in [5, 5.41) is 8.60. The van der Waals surface area contributed by atoms with Gasteiger partial charge in [-0.1, -0.05) is 12.1 Å². The van der Waals surface area contributed by atoms with Crippen LogP contribution in [-0.4, -0.2) is 30.2 Å². The van der Waals surface area contributed by atoms with Gasteiger partial charge in [0.15, 0.2) is 0 Å². The van der Waals surface area contributed by atoms with E-state index in [2.05, 4.69) is 16.0 Å². The van der Waals surface area contributed by atoms with Gasteiger partial charge in [-0.3, -0.25) is 4.79 Å². The zero-order valence-electron chi connectivity index (χ0n) is 14.7. The molecule has 0 heterocycles. The van der Waals surface area contributed by atoms with E-state index < -0.39 is 17.7 Å². The van der Waals surface area contributed by atoms with E-state index >= 15 is 0 Å². The summed E-state index contributed by atoms with van der Waals surface area (Å²) in [6, 6.07) is 4.96. The van der Waals surface area contributed by atoms with E-state index in [1.807, 2.05) is 32.0 Å². The summed E-state index contributed by atoms with van der Waals surface area (Å²) in [5.74, 6) is -0.305. The van der Waals surface area contributed by atoms with Crippen molar-refractivity contribution in [3.8, 4) is 0 Å². The Balaban J connectivity index is 2.72. The molecule has 1 unspecified atom stereocenters. The molecule has 3 N–H and O–H groups in total. The Labute approximate surface area is 138 Å². The van der Waals surface area contributed by atoms with Crippen LogP contribution in [0.2, 0.25) is 0 Å². The number of benzene rings is 1. The highest BCUT2D eigenvalue weighted by Gasteiger charge is 2.21. The minimum absolute atomic E-state index is 0.305. The highest BCUT2D eigenvalue weighted by Crippen LogP contribution is 2.25. The Morgan fingerprint density at radius 1 is 1.26 bits per heavy atom. The molecule has 0 fully saturated rings. The molecule has 128 valence electrons. The number of carbonyl (C=O) groups excluding carboxylic acids is 2. The predicted octanol–water partition coefficient (Wildman–Crippen LogP) is 3.28. The van der Waals surface area contributed by atoms with Gasteiger partial charge in [0.05, 0.1) is 11.4 Å². The van der Waals surface area contributed by atoms with Crippen molar-refractivity contribution in [2.24, 2.45) is 0 Å². The second-order valence-corrected chi connectivity index (χ2v) is 6.38. The zero-order valence-corrected chi connectivity index (χ0v) is 14.7. The first kappa shape index (κ1) is 18.8. The number of rotatable bonds is 5. The molecule has 0 saturated carbocycles. The number of nitrogens with one attached hydrogen (secondary N) is 3. The summed E-state index contributed by atoms with van der Waals surface area (Å²) in [6.07, 6.45) is -0.615. The van der Waals surface area contributed by atoms with Gasteiger partial charge >= 0.3 is 6.09 Å². The van der Waals surface area contributed by atoms with E-state index in [4.69, 9.17) is 4.74 Å². The second kappa shape index (κ2) is 7.85. The number of hydrogen-bond donors (Lipinski definition) is 3. The first-order chi connectivity index (χ1) is 10.6. The van der Waals surface area contributed by atoms with Crippen molar-refractivity contribution in [1.29, 1.82) is 0 Å². The molecule has 0 bridgehead atoms. The number of para-hydroxylation sites is 1. The number of amides is 2. The quantitative estimate of drug-likeness (QED) is 0.777. The molecule has 0 spiro atoms. The molecule has 6 nitrogen and oxygen atoms in total. The van der Waals surface area contributed by atoms with E-state index in [0.717, 1.165) is 17.8 Å². The van der Waals surface area contributed by atoms with Crippen LogP contribution in [-0.2, 0) is 9.53 Å². The van der Waals surface area contributed by atoms with Crippen molar-refractivity contribution in [2.75, 3.05) is 17.2 Å². The van der Waals surface area contributed by atoms with E-state index in [1.165, 1.54) is 0 Å². The molecule has 1 rings (SSSR count). The molecule has 2 amide bonds. The van der Waals surface area contributed by atoms with Crippen LogP contribution in [0.1, 0.15) is 40.2 Å². The molecule has 23 heavy (non-hydrogen) atoms. The number of anilines is 2. The smallest absolute Gasteiger partial charge is 0.408 e. The van der Waals surface area contributed by atoms with E-state index in [1.54, 1.807) is 27.7 Å². The molecule has 1 aromatic rings. The molecular formula is C17H27N3O3. The summed E-state index contributed by atoms with van der Waals surface area (Å²) in [7, 11) is 0. The normalized spacial score (nSPS) is 12.3. The fraction of sp³-hybridized carbons (Fsp3) is 0.529. The summed E-state index contributed by atoms with van der Waals surface area (Å²) in [4.78, 5) is 24.0. The zero-order chi connectivity index (χ0) is 17.6. The lowest BCUT2D eigenvalue weighted by Gasteiger charge is -2.22. The van der Waals surface area contributed by atoms with Crippen LogP contribution in [0.4, 0.5) is 16.2 Å². The van der Waals surface area contributed by atoms with Gasteiger partial charge in [-0.15, -0.1) is 0 Å². The lowest BCUT2D eigenvalue weighted by atomic mass is 10.1. The van der Waals surface area contributed by atoms with Gasteiger partial charge in [0.1, 0.15) is 11.6 Å². The van der Waals surface area contributed by atoms with Gasteiger partial charge in [-0.2, -0.15) is 0 Å². The third kappa shape index (κ3) is 6.18. The maximum absolute atomic E-state index is 12.3. The molecule has 1 atom stereocenters. The minimum atomic E-state index is -0.708. The summed E-state index contributed by atoms with van der Waals surface area (Å²) in [6.45, 7) is 11.6. The Morgan fingerprint density at radius 2 is 1.91 bits per heavy atom.